The minimum absolute atomic E-state index is 0.0161. The number of amides is 2. The largest absolute Gasteiger partial charge is 0.493 e. The van der Waals surface area contributed by atoms with E-state index in [1.165, 1.54) is 0 Å². The minimum Gasteiger partial charge on any atom is -0.493 e. The number of ether oxygens (including phenoxy) is 2. The molecular formula is C36H44ClN5O4. The number of carbonyl (C=O) groups excluding carboxylic acids is 2. The first kappa shape index (κ1) is 32.1. The minimum atomic E-state index is -0.389. The van der Waals surface area contributed by atoms with Gasteiger partial charge in [0.1, 0.15) is 5.82 Å². The lowest BCUT2D eigenvalue weighted by molar-refractivity contribution is -0.125. The Morgan fingerprint density at radius 1 is 1.00 bits per heavy atom. The predicted octanol–water partition coefficient (Wildman–Crippen LogP) is 5.94. The fraction of sp³-hybridized carbons (Fsp3) is 0.472. The van der Waals surface area contributed by atoms with Crippen LogP contribution in [0.25, 0.3) is 0 Å². The smallest absolute Gasteiger partial charge is 0.237 e. The molecule has 244 valence electrons. The van der Waals surface area contributed by atoms with Crippen molar-refractivity contribution in [3.63, 3.8) is 0 Å². The van der Waals surface area contributed by atoms with Crippen LogP contribution in [0.5, 0.6) is 11.5 Å². The molecule has 6 rings (SSSR count). The Kier molecular flexibility index (Phi) is 9.43. The number of hydrogen-bond acceptors (Lipinski definition) is 7. The Labute approximate surface area is 277 Å². The molecule has 1 atom stereocenters. The van der Waals surface area contributed by atoms with Crippen LogP contribution in [-0.4, -0.2) is 79.7 Å². The van der Waals surface area contributed by atoms with E-state index in [1.807, 2.05) is 85.4 Å². The van der Waals surface area contributed by atoms with Crippen LogP contribution in [0.3, 0.4) is 0 Å². The number of aromatic nitrogens is 1. The fourth-order valence-electron chi connectivity index (χ4n) is 7.19. The zero-order chi connectivity index (χ0) is 32.5. The van der Waals surface area contributed by atoms with Crippen LogP contribution >= 0.6 is 11.6 Å². The van der Waals surface area contributed by atoms with Crippen molar-refractivity contribution in [1.29, 1.82) is 0 Å². The summed E-state index contributed by atoms with van der Waals surface area (Å²) in [6.45, 7) is 6.18. The summed E-state index contributed by atoms with van der Waals surface area (Å²) in [7, 11) is 5.59. The molecule has 1 saturated heterocycles. The molecule has 1 saturated carbocycles. The third-order valence-electron chi connectivity index (χ3n) is 9.56. The van der Waals surface area contributed by atoms with Crippen LogP contribution in [0.2, 0.25) is 5.02 Å². The van der Waals surface area contributed by atoms with Gasteiger partial charge in [-0.1, -0.05) is 23.7 Å². The van der Waals surface area contributed by atoms with E-state index in [9.17, 15) is 9.59 Å². The lowest BCUT2D eigenvalue weighted by Crippen LogP contribution is -2.41. The summed E-state index contributed by atoms with van der Waals surface area (Å²) in [5, 5.41) is 0.637. The highest BCUT2D eigenvalue weighted by Gasteiger charge is 2.37. The van der Waals surface area contributed by atoms with Gasteiger partial charge in [-0.05, 0) is 98.5 Å². The highest BCUT2D eigenvalue weighted by molar-refractivity contribution is 6.30. The number of benzene rings is 2. The second-order valence-corrected chi connectivity index (χ2v) is 13.6. The lowest BCUT2D eigenvalue weighted by atomic mass is 9.85. The number of methoxy groups -OCH3 is 1. The Bertz CT molecular complexity index is 1560. The molecule has 3 heterocycles. The summed E-state index contributed by atoms with van der Waals surface area (Å²) in [4.78, 5) is 38.9. The standard InChI is InChI=1S/C36H44ClN5O4/c1-23(2)46-32-18-30-26(16-31(32)45-5)17-34(43)42(36(30)25-8-10-27(37)11-9-25)29-14-15-33(38-19-29)39(3)20-24-6-12-28(13-7-24)41-21-35(44)40(4)22-41/h8-11,14-16,18-19,23-24,28,36H,6-7,12-13,17,20-22H2,1-5H3/t24-,28-,36-/m0/s1. The maximum Gasteiger partial charge on any atom is 0.237 e. The van der Waals surface area contributed by atoms with Crippen LogP contribution < -0.4 is 19.3 Å². The number of anilines is 2. The molecule has 0 bridgehead atoms. The number of fused-ring (bicyclic) bond motifs is 1. The number of likely N-dealkylation sites (N-methyl/N-ethyl adjacent to an activating group) is 1. The van der Waals surface area contributed by atoms with E-state index in [4.69, 9.17) is 26.1 Å². The lowest BCUT2D eigenvalue weighted by Gasteiger charge is -2.38. The van der Waals surface area contributed by atoms with Crippen molar-refractivity contribution in [1.82, 2.24) is 14.8 Å². The molecule has 3 aromatic rings. The molecule has 1 aliphatic carbocycles. The summed E-state index contributed by atoms with van der Waals surface area (Å²) in [6, 6.07) is 15.7. The van der Waals surface area contributed by atoms with Gasteiger partial charge in [0.2, 0.25) is 11.8 Å². The van der Waals surface area contributed by atoms with Gasteiger partial charge in [0.15, 0.2) is 11.5 Å². The number of pyridine rings is 1. The summed E-state index contributed by atoms with van der Waals surface area (Å²) in [6.07, 6.45) is 6.52. The van der Waals surface area contributed by atoms with Gasteiger partial charge < -0.3 is 19.3 Å². The molecule has 2 amide bonds. The molecule has 0 N–H and O–H groups in total. The number of carbonyl (C=O) groups is 2. The fourth-order valence-corrected chi connectivity index (χ4v) is 7.32. The second kappa shape index (κ2) is 13.5. The van der Waals surface area contributed by atoms with Gasteiger partial charge >= 0.3 is 0 Å². The normalized spacial score (nSPS) is 21.9. The molecule has 0 spiro atoms. The van der Waals surface area contributed by atoms with Crippen molar-refractivity contribution in [3.8, 4) is 11.5 Å². The topological polar surface area (TPSA) is 78.5 Å². The molecule has 46 heavy (non-hydrogen) atoms. The van der Waals surface area contributed by atoms with Gasteiger partial charge in [-0.15, -0.1) is 0 Å². The predicted molar refractivity (Wildman–Crippen MR) is 181 cm³/mol. The zero-order valence-corrected chi connectivity index (χ0v) is 28.2. The Morgan fingerprint density at radius 2 is 1.74 bits per heavy atom. The maximum atomic E-state index is 13.9. The molecule has 0 radical (unpaired) electrons. The number of rotatable bonds is 9. The van der Waals surface area contributed by atoms with Crippen LogP contribution in [0.4, 0.5) is 11.5 Å². The zero-order valence-electron chi connectivity index (χ0n) is 27.4. The van der Waals surface area contributed by atoms with Crippen LogP contribution in [-0.2, 0) is 16.0 Å². The van der Waals surface area contributed by atoms with Crippen LogP contribution in [0.1, 0.15) is 62.3 Å². The first-order valence-corrected chi connectivity index (χ1v) is 16.6. The van der Waals surface area contributed by atoms with Crippen molar-refractivity contribution in [3.05, 3.63) is 76.4 Å². The Morgan fingerprint density at radius 3 is 2.35 bits per heavy atom. The van der Waals surface area contributed by atoms with Crippen molar-refractivity contribution in [2.24, 2.45) is 5.92 Å². The van der Waals surface area contributed by atoms with Crippen LogP contribution in [0, 0.1) is 5.92 Å². The third-order valence-corrected chi connectivity index (χ3v) is 9.81. The summed E-state index contributed by atoms with van der Waals surface area (Å²) in [5.41, 5.74) is 3.58. The quantitative estimate of drug-likeness (QED) is 0.285. The van der Waals surface area contributed by atoms with E-state index in [1.54, 1.807) is 7.11 Å². The van der Waals surface area contributed by atoms with Crippen molar-refractivity contribution >= 4 is 34.9 Å². The van der Waals surface area contributed by atoms with E-state index in [2.05, 4.69) is 16.8 Å². The van der Waals surface area contributed by atoms with E-state index in [0.29, 0.717) is 35.0 Å². The first-order chi connectivity index (χ1) is 22.1. The van der Waals surface area contributed by atoms with E-state index < -0.39 is 0 Å². The average molecular weight is 646 g/mol. The first-order valence-electron chi connectivity index (χ1n) is 16.2. The highest BCUT2D eigenvalue weighted by Crippen LogP contribution is 2.44. The Balaban J connectivity index is 1.21. The SMILES string of the molecule is COc1cc2c(cc1OC(C)C)[C@H](c1ccc(Cl)cc1)N(c1ccc(N(C)C[C@H]3CC[C@H](N4CC(=O)N(C)C4)CC3)nc1)C(=O)C2. The van der Waals surface area contributed by atoms with Gasteiger partial charge in [-0.25, -0.2) is 4.98 Å². The molecular weight excluding hydrogens is 602 g/mol. The van der Waals surface area contributed by atoms with Crippen molar-refractivity contribution in [2.75, 3.05) is 50.8 Å². The van der Waals surface area contributed by atoms with Gasteiger partial charge in [0.05, 0.1) is 50.8 Å². The molecule has 9 nitrogen and oxygen atoms in total. The van der Waals surface area contributed by atoms with E-state index >= 15 is 0 Å². The molecule has 1 aromatic heterocycles. The van der Waals surface area contributed by atoms with Gasteiger partial charge in [0.25, 0.3) is 0 Å². The summed E-state index contributed by atoms with van der Waals surface area (Å²) >= 11 is 6.27. The summed E-state index contributed by atoms with van der Waals surface area (Å²) < 4.78 is 11.8. The molecule has 2 aromatic carbocycles. The highest BCUT2D eigenvalue weighted by atomic mass is 35.5. The van der Waals surface area contributed by atoms with Gasteiger partial charge in [-0.3, -0.25) is 19.4 Å². The third kappa shape index (κ3) is 6.67. The van der Waals surface area contributed by atoms with Gasteiger partial charge in [0, 0.05) is 31.7 Å². The Hall–Kier alpha value is -3.82. The van der Waals surface area contributed by atoms with Crippen molar-refractivity contribution in [2.45, 2.75) is 64.1 Å². The molecule has 10 heteroatoms. The average Bonchev–Trinajstić information content (AvgIpc) is 3.38. The number of hydrogen-bond donors (Lipinski definition) is 0. The number of halogens is 1. The van der Waals surface area contributed by atoms with E-state index in [-0.39, 0.29) is 30.4 Å². The van der Waals surface area contributed by atoms with E-state index in [0.717, 1.165) is 67.1 Å². The van der Waals surface area contributed by atoms with Crippen molar-refractivity contribution < 1.29 is 19.1 Å². The molecule has 3 aliphatic rings. The summed E-state index contributed by atoms with van der Waals surface area (Å²) in [5.74, 6) is 2.92. The van der Waals surface area contributed by atoms with Gasteiger partial charge in [-0.2, -0.15) is 0 Å². The maximum absolute atomic E-state index is 13.9. The molecule has 0 unspecified atom stereocenters. The number of nitrogens with zero attached hydrogens (tertiary/aromatic N) is 5. The second-order valence-electron chi connectivity index (χ2n) is 13.2. The van der Waals surface area contributed by atoms with Crippen LogP contribution in [0.15, 0.2) is 54.7 Å². The molecule has 2 aliphatic heterocycles. The monoisotopic (exact) mass is 645 g/mol. The molecule has 2 fully saturated rings.